The summed E-state index contributed by atoms with van der Waals surface area (Å²) in [6, 6.07) is 0. The first-order chi connectivity index (χ1) is 4.20. The maximum atomic E-state index is 4.24. The maximum absolute atomic E-state index is 4.24. The number of thiol groups is 3. The summed E-state index contributed by atoms with van der Waals surface area (Å²) in [7, 11) is 0. The van der Waals surface area contributed by atoms with E-state index in [1.54, 1.807) is 0 Å². The van der Waals surface area contributed by atoms with E-state index in [-0.39, 0.29) is 0 Å². The Morgan fingerprint density at radius 2 is 1.78 bits per heavy atom. The molecular weight excluding hydrogens is 188 g/mol. The minimum Gasteiger partial charge on any atom is -0.178 e. The third-order valence-corrected chi connectivity index (χ3v) is 3.65. The smallest absolute Gasteiger partial charge is 0.0447 e. The lowest BCUT2D eigenvalue weighted by molar-refractivity contribution is 1.15. The molecule has 0 bridgehead atoms. The van der Waals surface area contributed by atoms with Gasteiger partial charge in [-0.05, 0) is 6.92 Å². The molecule has 0 rings (SSSR count). The Bertz CT molecular complexity index is 60.0. The summed E-state index contributed by atoms with van der Waals surface area (Å²) in [5.41, 5.74) is 0. The van der Waals surface area contributed by atoms with E-state index in [0.29, 0.717) is 9.83 Å². The van der Waals surface area contributed by atoms with Crippen LogP contribution in [0.1, 0.15) is 6.92 Å². The first-order valence-electron chi connectivity index (χ1n) is 2.76. The van der Waals surface area contributed by atoms with E-state index in [4.69, 9.17) is 0 Å². The predicted octanol–water partition coefficient (Wildman–Crippen LogP) is 2.22. The van der Waals surface area contributed by atoms with E-state index in [9.17, 15) is 0 Å². The summed E-state index contributed by atoms with van der Waals surface area (Å²) >= 11 is 14.4. The Balaban J connectivity index is 3.31. The highest BCUT2D eigenvalue weighted by atomic mass is 32.2. The van der Waals surface area contributed by atoms with Crippen LogP contribution in [-0.2, 0) is 0 Å². The van der Waals surface area contributed by atoms with Gasteiger partial charge in [0.2, 0.25) is 0 Å². The third kappa shape index (κ3) is 5.83. The molecule has 0 aliphatic heterocycles. The average Bonchev–Trinajstić information content (AvgIpc) is 1.82. The molecule has 4 heteroatoms. The Morgan fingerprint density at radius 3 is 1.89 bits per heavy atom. The van der Waals surface area contributed by atoms with Crippen LogP contribution in [0.5, 0.6) is 0 Å². The molecule has 0 aliphatic carbocycles. The van der Waals surface area contributed by atoms with Crippen molar-refractivity contribution in [1.29, 1.82) is 0 Å². The first kappa shape index (κ1) is 10.4. The Morgan fingerprint density at radius 1 is 1.33 bits per heavy atom. The van der Waals surface area contributed by atoms with E-state index in [1.807, 2.05) is 11.8 Å². The van der Waals surface area contributed by atoms with Crippen LogP contribution < -0.4 is 0 Å². The van der Waals surface area contributed by atoms with E-state index in [1.165, 1.54) is 0 Å². The molecule has 0 aromatic rings. The summed E-state index contributed by atoms with van der Waals surface area (Å²) in [5, 5.41) is 0.546. The molecule has 56 valence electrons. The fourth-order valence-electron chi connectivity index (χ4n) is 0.422. The van der Waals surface area contributed by atoms with Crippen LogP contribution in [0, 0.1) is 0 Å². The van der Waals surface area contributed by atoms with E-state index >= 15 is 0 Å². The zero-order chi connectivity index (χ0) is 7.28. The van der Waals surface area contributed by atoms with Crippen LogP contribution in [0.4, 0.5) is 0 Å². The minimum atomic E-state index is 0.397. The molecule has 0 saturated heterocycles. The van der Waals surface area contributed by atoms with Gasteiger partial charge in [-0.2, -0.15) is 37.9 Å². The number of rotatable bonds is 4. The SMILES string of the molecule is CC(S)SC(CS)CS. The van der Waals surface area contributed by atoms with Gasteiger partial charge in [0.15, 0.2) is 0 Å². The van der Waals surface area contributed by atoms with Crippen molar-refractivity contribution in [3.8, 4) is 0 Å². The largest absolute Gasteiger partial charge is 0.178 e. The lowest BCUT2D eigenvalue weighted by atomic mass is 10.5. The summed E-state index contributed by atoms with van der Waals surface area (Å²) in [4.78, 5) is 0. The molecule has 0 spiro atoms. The maximum Gasteiger partial charge on any atom is 0.0447 e. The molecule has 0 aromatic carbocycles. The van der Waals surface area contributed by atoms with Gasteiger partial charge in [-0.1, -0.05) is 0 Å². The number of hydrogen-bond acceptors (Lipinski definition) is 4. The van der Waals surface area contributed by atoms with Gasteiger partial charge in [-0.3, -0.25) is 0 Å². The average molecular weight is 200 g/mol. The van der Waals surface area contributed by atoms with Gasteiger partial charge in [-0.15, -0.1) is 11.8 Å². The van der Waals surface area contributed by atoms with Crippen molar-refractivity contribution >= 4 is 49.6 Å². The van der Waals surface area contributed by atoms with Gasteiger partial charge < -0.3 is 0 Å². The Hall–Kier alpha value is 1.40. The van der Waals surface area contributed by atoms with Crippen molar-refractivity contribution in [1.82, 2.24) is 0 Å². The molecule has 0 aliphatic rings. The van der Waals surface area contributed by atoms with Crippen LogP contribution in [0.15, 0.2) is 0 Å². The third-order valence-electron chi connectivity index (χ3n) is 0.797. The van der Waals surface area contributed by atoms with E-state index in [2.05, 4.69) is 44.8 Å². The standard InChI is InChI=1S/C5H12S4/c1-4(8)9-5(2-6)3-7/h4-8H,2-3H2,1H3. The number of hydrogen-bond donors (Lipinski definition) is 3. The van der Waals surface area contributed by atoms with Crippen molar-refractivity contribution < 1.29 is 0 Å². The predicted molar refractivity (Wildman–Crippen MR) is 57.5 cm³/mol. The molecule has 9 heavy (non-hydrogen) atoms. The molecule has 0 radical (unpaired) electrons. The molecule has 0 amide bonds. The van der Waals surface area contributed by atoms with Crippen molar-refractivity contribution in [2.75, 3.05) is 11.5 Å². The summed E-state index contributed by atoms with van der Waals surface area (Å²) in [5.74, 6) is 1.78. The van der Waals surface area contributed by atoms with E-state index < -0.39 is 0 Å². The molecule has 0 heterocycles. The van der Waals surface area contributed by atoms with Crippen LogP contribution in [0.3, 0.4) is 0 Å². The topological polar surface area (TPSA) is 0 Å². The summed E-state index contributed by atoms with van der Waals surface area (Å²) in [6.07, 6.45) is 0. The van der Waals surface area contributed by atoms with E-state index in [0.717, 1.165) is 11.5 Å². The molecular formula is C5H12S4. The van der Waals surface area contributed by atoms with Gasteiger partial charge in [0, 0.05) is 21.3 Å². The zero-order valence-electron chi connectivity index (χ0n) is 5.32. The van der Waals surface area contributed by atoms with Gasteiger partial charge in [0.25, 0.3) is 0 Å². The molecule has 1 atom stereocenters. The highest BCUT2D eigenvalue weighted by Gasteiger charge is 2.06. The summed E-state index contributed by atoms with van der Waals surface area (Å²) < 4.78 is 0.397. The number of thioether (sulfide) groups is 1. The second-order valence-electron chi connectivity index (χ2n) is 1.72. The van der Waals surface area contributed by atoms with Gasteiger partial charge >= 0.3 is 0 Å². The molecule has 0 fully saturated rings. The molecule has 1 unspecified atom stereocenters. The normalized spacial score (nSPS) is 14.3. The molecule has 0 nitrogen and oxygen atoms in total. The lowest BCUT2D eigenvalue weighted by Gasteiger charge is -2.12. The van der Waals surface area contributed by atoms with Crippen LogP contribution in [0.25, 0.3) is 0 Å². The molecule has 0 saturated carbocycles. The van der Waals surface area contributed by atoms with Crippen LogP contribution in [0.2, 0.25) is 0 Å². The zero-order valence-corrected chi connectivity index (χ0v) is 8.82. The fourth-order valence-corrected chi connectivity index (χ4v) is 2.65. The van der Waals surface area contributed by atoms with Crippen molar-refractivity contribution in [2.45, 2.75) is 16.8 Å². The Kier molecular flexibility index (Phi) is 7.09. The summed E-state index contributed by atoms with van der Waals surface area (Å²) in [6.45, 7) is 2.06. The van der Waals surface area contributed by atoms with Gasteiger partial charge in [0.05, 0.1) is 0 Å². The van der Waals surface area contributed by atoms with Crippen LogP contribution in [-0.4, -0.2) is 21.3 Å². The minimum absolute atomic E-state index is 0.397. The Labute approximate surface area is 77.8 Å². The highest BCUT2D eigenvalue weighted by Crippen LogP contribution is 2.21. The van der Waals surface area contributed by atoms with Gasteiger partial charge in [0.1, 0.15) is 0 Å². The quantitative estimate of drug-likeness (QED) is 0.462. The molecule has 0 aromatic heterocycles. The lowest BCUT2D eigenvalue weighted by Crippen LogP contribution is -2.08. The van der Waals surface area contributed by atoms with Crippen molar-refractivity contribution in [2.24, 2.45) is 0 Å². The monoisotopic (exact) mass is 200 g/mol. The van der Waals surface area contributed by atoms with Gasteiger partial charge in [-0.25, -0.2) is 0 Å². The van der Waals surface area contributed by atoms with Crippen molar-refractivity contribution in [3.05, 3.63) is 0 Å². The fraction of sp³-hybridized carbons (Fsp3) is 1.00. The highest BCUT2D eigenvalue weighted by molar-refractivity contribution is 8.11. The molecule has 0 N–H and O–H groups in total. The second kappa shape index (κ2) is 6.13. The van der Waals surface area contributed by atoms with Crippen molar-refractivity contribution in [3.63, 3.8) is 0 Å². The first-order valence-corrected chi connectivity index (χ1v) is 5.48. The van der Waals surface area contributed by atoms with Crippen LogP contribution >= 0.6 is 49.6 Å². The second-order valence-corrected chi connectivity index (χ2v) is 5.22.